The molecule has 0 bridgehead atoms. The number of benzene rings is 1. The molecule has 1 heterocycles. The molecule has 1 aromatic rings. The van der Waals surface area contributed by atoms with Crippen molar-refractivity contribution in [3.8, 4) is 0 Å². The predicted octanol–water partition coefficient (Wildman–Crippen LogP) is 1.28. The lowest BCUT2D eigenvalue weighted by Crippen LogP contribution is -2.19. The maximum Gasteiger partial charge on any atom is 0.217 e. The number of aliphatic hydroxyl groups is 1. The molecule has 0 saturated carbocycles. The van der Waals surface area contributed by atoms with Crippen LogP contribution in [0.25, 0.3) is 0 Å². The highest BCUT2D eigenvalue weighted by atomic mass is 17.2. The van der Waals surface area contributed by atoms with Gasteiger partial charge in [0.05, 0.1) is 0 Å². The summed E-state index contributed by atoms with van der Waals surface area (Å²) < 4.78 is 5.01. The SMILES string of the molecule is COC1OOC(O)c2ccccc21. The van der Waals surface area contributed by atoms with Gasteiger partial charge < -0.3 is 9.84 Å². The van der Waals surface area contributed by atoms with E-state index in [-0.39, 0.29) is 0 Å². The van der Waals surface area contributed by atoms with Crippen molar-refractivity contribution in [1.82, 2.24) is 0 Å². The van der Waals surface area contributed by atoms with E-state index in [1.54, 1.807) is 6.07 Å². The molecule has 0 aromatic heterocycles. The normalized spacial score (nSPS) is 26.9. The van der Waals surface area contributed by atoms with E-state index in [4.69, 9.17) is 9.62 Å². The van der Waals surface area contributed by atoms with Crippen molar-refractivity contribution >= 4 is 0 Å². The van der Waals surface area contributed by atoms with Crippen LogP contribution in [0.15, 0.2) is 24.3 Å². The number of fused-ring (bicyclic) bond motifs is 1. The smallest absolute Gasteiger partial charge is 0.217 e. The monoisotopic (exact) mass is 182 g/mol. The Morgan fingerprint density at radius 3 is 2.62 bits per heavy atom. The van der Waals surface area contributed by atoms with E-state index in [1.807, 2.05) is 18.2 Å². The minimum Gasteiger partial charge on any atom is -0.362 e. The molecule has 2 rings (SSSR count). The van der Waals surface area contributed by atoms with Gasteiger partial charge in [-0.1, -0.05) is 24.3 Å². The fourth-order valence-corrected chi connectivity index (χ4v) is 1.32. The van der Waals surface area contributed by atoms with Crippen molar-refractivity contribution in [2.45, 2.75) is 12.6 Å². The van der Waals surface area contributed by atoms with Crippen LogP contribution in [0, 0.1) is 0 Å². The Labute approximate surface area is 75.6 Å². The van der Waals surface area contributed by atoms with Crippen LogP contribution in [0.1, 0.15) is 23.7 Å². The van der Waals surface area contributed by atoms with Crippen LogP contribution in [-0.2, 0) is 14.5 Å². The first kappa shape index (κ1) is 8.65. The second-order valence-electron chi connectivity index (χ2n) is 2.74. The lowest BCUT2D eigenvalue weighted by atomic mass is 10.1. The van der Waals surface area contributed by atoms with Gasteiger partial charge in [0.1, 0.15) is 0 Å². The van der Waals surface area contributed by atoms with E-state index >= 15 is 0 Å². The molecule has 1 aliphatic rings. The first-order valence-corrected chi connectivity index (χ1v) is 3.94. The van der Waals surface area contributed by atoms with Gasteiger partial charge in [0, 0.05) is 18.2 Å². The summed E-state index contributed by atoms with van der Waals surface area (Å²) in [6, 6.07) is 7.28. The lowest BCUT2D eigenvalue weighted by Gasteiger charge is -2.26. The second kappa shape index (κ2) is 3.43. The zero-order chi connectivity index (χ0) is 9.26. The molecule has 0 amide bonds. The van der Waals surface area contributed by atoms with Gasteiger partial charge in [0.25, 0.3) is 0 Å². The summed E-state index contributed by atoms with van der Waals surface area (Å²) in [7, 11) is 1.52. The molecular weight excluding hydrogens is 172 g/mol. The Hall–Kier alpha value is -0.940. The zero-order valence-electron chi connectivity index (χ0n) is 7.14. The molecule has 1 aromatic carbocycles. The molecule has 4 heteroatoms. The Bertz CT molecular complexity index is 299. The molecule has 13 heavy (non-hydrogen) atoms. The largest absolute Gasteiger partial charge is 0.362 e. The van der Waals surface area contributed by atoms with Gasteiger partial charge in [-0.05, 0) is 0 Å². The molecule has 0 fully saturated rings. The van der Waals surface area contributed by atoms with Crippen LogP contribution in [0.4, 0.5) is 0 Å². The third kappa shape index (κ3) is 1.45. The fourth-order valence-electron chi connectivity index (χ4n) is 1.32. The van der Waals surface area contributed by atoms with Crippen LogP contribution in [0.5, 0.6) is 0 Å². The summed E-state index contributed by atoms with van der Waals surface area (Å²) in [6.07, 6.45) is -1.58. The predicted molar refractivity (Wildman–Crippen MR) is 43.3 cm³/mol. The van der Waals surface area contributed by atoms with Gasteiger partial charge in [0.2, 0.25) is 12.6 Å². The highest BCUT2D eigenvalue weighted by Gasteiger charge is 2.27. The summed E-state index contributed by atoms with van der Waals surface area (Å²) in [4.78, 5) is 9.43. The highest BCUT2D eigenvalue weighted by molar-refractivity contribution is 5.29. The molecule has 4 nitrogen and oxygen atoms in total. The van der Waals surface area contributed by atoms with Crippen molar-refractivity contribution in [3.05, 3.63) is 35.4 Å². The average molecular weight is 182 g/mol. The number of hydrogen-bond acceptors (Lipinski definition) is 4. The minimum atomic E-state index is -1.03. The van der Waals surface area contributed by atoms with Crippen LogP contribution < -0.4 is 0 Å². The van der Waals surface area contributed by atoms with E-state index in [9.17, 15) is 5.11 Å². The third-order valence-electron chi connectivity index (χ3n) is 1.96. The van der Waals surface area contributed by atoms with Gasteiger partial charge in [0.15, 0.2) is 0 Å². The lowest BCUT2D eigenvalue weighted by molar-refractivity contribution is -0.445. The molecule has 2 atom stereocenters. The zero-order valence-corrected chi connectivity index (χ0v) is 7.14. The number of ether oxygens (including phenoxy) is 1. The Kier molecular flexibility index (Phi) is 2.28. The molecule has 0 spiro atoms. The van der Waals surface area contributed by atoms with Gasteiger partial charge in [-0.2, -0.15) is 9.78 Å². The van der Waals surface area contributed by atoms with Crippen LogP contribution in [0.3, 0.4) is 0 Å². The Morgan fingerprint density at radius 2 is 1.92 bits per heavy atom. The minimum absolute atomic E-state index is 0.556. The maximum atomic E-state index is 9.37. The van der Waals surface area contributed by atoms with Gasteiger partial charge in [-0.25, -0.2) is 0 Å². The van der Waals surface area contributed by atoms with Crippen LogP contribution in [0.2, 0.25) is 0 Å². The highest BCUT2D eigenvalue weighted by Crippen LogP contribution is 2.33. The van der Waals surface area contributed by atoms with Crippen molar-refractivity contribution < 1.29 is 19.6 Å². The Balaban J connectivity index is 2.42. The number of hydrogen-bond donors (Lipinski definition) is 1. The van der Waals surface area contributed by atoms with Crippen molar-refractivity contribution in [2.75, 3.05) is 7.11 Å². The van der Waals surface area contributed by atoms with E-state index in [2.05, 4.69) is 4.89 Å². The van der Waals surface area contributed by atoms with E-state index < -0.39 is 12.6 Å². The number of aliphatic hydroxyl groups excluding tert-OH is 1. The third-order valence-corrected chi connectivity index (χ3v) is 1.96. The van der Waals surface area contributed by atoms with Gasteiger partial charge in [-0.15, -0.1) is 0 Å². The molecule has 0 saturated heterocycles. The van der Waals surface area contributed by atoms with E-state index in [0.29, 0.717) is 5.56 Å². The standard InChI is InChI=1S/C9H10O4/c1-11-9-7-5-3-2-4-6(7)8(10)12-13-9/h2-5,8-10H,1H3. The summed E-state index contributed by atoms with van der Waals surface area (Å²) in [5.74, 6) is 0. The van der Waals surface area contributed by atoms with E-state index in [0.717, 1.165) is 5.56 Å². The first-order chi connectivity index (χ1) is 6.33. The topological polar surface area (TPSA) is 47.9 Å². The molecule has 0 radical (unpaired) electrons. The quantitative estimate of drug-likeness (QED) is 0.665. The molecular formula is C9H10O4. The van der Waals surface area contributed by atoms with Gasteiger partial charge in [-0.3, -0.25) is 0 Å². The van der Waals surface area contributed by atoms with Gasteiger partial charge >= 0.3 is 0 Å². The van der Waals surface area contributed by atoms with Crippen LogP contribution in [-0.4, -0.2) is 12.2 Å². The van der Waals surface area contributed by atoms with Crippen molar-refractivity contribution in [1.29, 1.82) is 0 Å². The maximum absolute atomic E-state index is 9.37. The first-order valence-electron chi connectivity index (χ1n) is 3.94. The summed E-state index contributed by atoms with van der Waals surface area (Å²) in [5.41, 5.74) is 1.48. The molecule has 70 valence electrons. The summed E-state index contributed by atoms with van der Waals surface area (Å²) in [6.45, 7) is 0. The van der Waals surface area contributed by atoms with Crippen molar-refractivity contribution in [3.63, 3.8) is 0 Å². The van der Waals surface area contributed by atoms with E-state index in [1.165, 1.54) is 7.11 Å². The molecule has 0 aliphatic carbocycles. The number of methoxy groups -OCH3 is 1. The second-order valence-corrected chi connectivity index (χ2v) is 2.74. The molecule has 1 aliphatic heterocycles. The Morgan fingerprint density at radius 1 is 1.23 bits per heavy atom. The summed E-state index contributed by atoms with van der Waals surface area (Å²) >= 11 is 0. The average Bonchev–Trinajstić information content (AvgIpc) is 2.19. The fraction of sp³-hybridized carbons (Fsp3) is 0.333. The molecule has 1 N–H and O–H groups in total. The van der Waals surface area contributed by atoms with Crippen LogP contribution >= 0.6 is 0 Å². The number of rotatable bonds is 1. The summed E-state index contributed by atoms with van der Waals surface area (Å²) in [5, 5.41) is 9.37. The van der Waals surface area contributed by atoms with Crippen molar-refractivity contribution in [2.24, 2.45) is 0 Å². The molecule has 2 unspecified atom stereocenters.